The smallest absolute Gasteiger partial charge is 0.237 e. The van der Waals surface area contributed by atoms with E-state index in [9.17, 15) is 0 Å². The second kappa shape index (κ2) is 4.90. The summed E-state index contributed by atoms with van der Waals surface area (Å²) in [6.45, 7) is 0. The predicted molar refractivity (Wildman–Crippen MR) is 67.8 cm³/mol. The molecule has 1 aromatic heterocycles. The molecule has 1 saturated carbocycles. The molecule has 0 spiro atoms. The second-order valence-corrected chi connectivity index (χ2v) is 4.92. The fourth-order valence-electron chi connectivity index (χ4n) is 2.22. The Kier molecular flexibility index (Phi) is 3.11. The number of nitrogens with zero attached hydrogens (tertiary/aromatic N) is 2. The number of hydrogen-bond acceptors (Lipinski definition) is 4. The van der Waals surface area contributed by atoms with Gasteiger partial charge in [-0.2, -0.15) is 0 Å². The molecular formula is C14H17N3O. The lowest BCUT2D eigenvalue weighted by atomic mass is 9.83. The summed E-state index contributed by atoms with van der Waals surface area (Å²) in [6, 6.07) is 9.50. The van der Waals surface area contributed by atoms with Crippen LogP contribution in [-0.2, 0) is 6.42 Å². The van der Waals surface area contributed by atoms with Gasteiger partial charge in [0.1, 0.15) is 6.04 Å². The van der Waals surface area contributed by atoms with Gasteiger partial charge in [-0.3, -0.25) is 0 Å². The highest BCUT2D eigenvalue weighted by atomic mass is 16.4. The van der Waals surface area contributed by atoms with Crippen LogP contribution in [0.25, 0.3) is 0 Å². The first-order valence-electron chi connectivity index (χ1n) is 6.46. The van der Waals surface area contributed by atoms with Crippen LogP contribution in [0.1, 0.15) is 42.6 Å². The van der Waals surface area contributed by atoms with Crippen LogP contribution < -0.4 is 5.73 Å². The first-order chi connectivity index (χ1) is 8.83. The Morgan fingerprint density at radius 3 is 2.67 bits per heavy atom. The zero-order chi connectivity index (χ0) is 12.4. The molecule has 94 valence electrons. The maximum atomic E-state index is 6.11. The van der Waals surface area contributed by atoms with Crippen molar-refractivity contribution in [3.63, 3.8) is 0 Å². The lowest BCUT2D eigenvalue weighted by Gasteiger charge is -2.23. The van der Waals surface area contributed by atoms with Crippen LogP contribution >= 0.6 is 0 Å². The molecule has 3 rings (SSSR count). The fraction of sp³-hybridized carbons (Fsp3) is 0.429. The molecule has 1 aromatic carbocycles. The van der Waals surface area contributed by atoms with Crippen molar-refractivity contribution in [3.05, 3.63) is 47.7 Å². The van der Waals surface area contributed by atoms with Crippen molar-refractivity contribution in [2.24, 2.45) is 11.7 Å². The van der Waals surface area contributed by atoms with Gasteiger partial charge in [-0.05, 0) is 24.3 Å². The summed E-state index contributed by atoms with van der Waals surface area (Å²) in [5.41, 5.74) is 7.11. The van der Waals surface area contributed by atoms with E-state index in [-0.39, 0.29) is 6.04 Å². The maximum absolute atomic E-state index is 6.11. The van der Waals surface area contributed by atoms with Gasteiger partial charge in [0.05, 0.1) is 0 Å². The first kappa shape index (κ1) is 11.4. The third-order valence-corrected chi connectivity index (χ3v) is 3.60. The summed E-state index contributed by atoms with van der Waals surface area (Å²) in [4.78, 5) is 0. The third kappa shape index (κ3) is 2.29. The van der Waals surface area contributed by atoms with E-state index < -0.39 is 0 Å². The number of aromatic nitrogens is 2. The molecule has 1 atom stereocenters. The number of rotatable bonds is 4. The minimum Gasteiger partial charge on any atom is -0.423 e. The van der Waals surface area contributed by atoms with Gasteiger partial charge in [0, 0.05) is 6.42 Å². The quantitative estimate of drug-likeness (QED) is 0.895. The molecule has 1 aliphatic rings. The van der Waals surface area contributed by atoms with Crippen LogP contribution in [0, 0.1) is 5.92 Å². The highest BCUT2D eigenvalue weighted by Gasteiger charge is 2.22. The Morgan fingerprint density at radius 1 is 1.22 bits per heavy atom. The van der Waals surface area contributed by atoms with Crippen molar-refractivity contribution in [2.75, 3.05) is 0 Å². The SMILES string of the molecule is NC(c1ccccc1)c1nnc(CC2CCC2)o1. The van der Waals surface area contributed by atoms with E-state index in [0.29, 0.717) is 5.89 Å². The molecule has 18 heavy (non-hydrogen) atoms. The maximum Gasteiger partial charge on any atom is 0.237 e. The van der Waals surface area contributed by atoms with Crippen molar-refractivity contribution in [1.82, 2.24) is 10.2 Å². The van der Waals surface area contributed by atoms with E-state index in [2.05, 4.69) is 10.2 Å². The normalized spacial score (nSPS) is 17.4. The summed E-state index contributed by atoms with van der Waals surface area (Å²) >= 11 is 0. The molecule has 0 saturated heterocycles. The van der Waals surface area contributed by atoms with Crippen LogP contribution in [0.5, 0.6) is 0 Å². The largest absolute Gasteiger partial charge is 0.423 e. The zero-order valence-corrected chi connectivity index (χ0v) is 10.2. The van der Waals surface area contributed by atoms with E-state index in [1.807, 2.05) is 30.3 Å². The second-order valence-electron chi connectivity index (χ2n) is 4.92. The Balaban J connectivity index is 1.72. The van der Waals surface area contributed by atoms with Crippen molar-refractivity contribution in [1.29, 1.82) is 0 Å². The van der Waals surface area contributed by atoms with Crippen molar-refractivity contribution in [3.8, 4) is 0 Å². The summed E-state index contributed by atoms with van der Waals surface area (Å²) in [5, 5.41) is 8.15. The average molecular weight is 243 g/mol. The molecule has 2 N–H and O–H groups in total. The van der Waals surface area contributed by atoms with Crippen LogP contribution in [0.3, 0.4) is 0 Å². The predicted octanol–water partition coefficient (Wildman–Crippen LogP) is 2.46. The Morgan fingerprint density at radius 2 is 2.00 bits per heavy atom. The monoisotopic (exact) mass is 243 g/mol. The topological polar surface area (TPSA) is 64.9 Å². The summed E-state index contributed by atoms with van der Waals surface area (Å²) in [5.74, 6) is 1.96. The highest BCUT2D eigenvalue weighted by molar-refractivity contribution is 5.22. The van der Waals surface area contributed by atoms with Crippen LogP contribution in [-0.4, -0.2) is 10.2 Å². The molecule has 0 aliphatic heterocycles. The molecule has 1 heterocycles. The lowest BCUT2D eigenvalue weighted by Crippen LogP contribution is -2.14. The number of benzene rings is 1. The van der Waals surface area contributed by atoms with Gasteiger partial charge >= 0.3 is 0 Å². The molecule has 0 radical (unpaired) electrons. The molecule has 1 fully saturated rings. The molecule has 1 unspecified atom stereocenters. The van der Waals surface area contributed by atoms with Crippen molar-refractivity contribution in [2.45, 2.75) is 31.7 Å². The van der Waals surface area contributed by atoms with E-state index in [1.54, 1.807) is 0 Å². The zero-order valence-electron chi connectivity index (χ0n) is 10.2. The van der Waals surface area contributed by atoms with Gasteiger partial charge < -0.3 is 10.2 Å². The first-order valence-corrected chi connectivity index (χ1v) is 6.46. The van der Waals surface area contributed by atoms with Gasteiger partial charge in [0.15, 0.2) is 0 Å². The molecule has 1 aliphatic carbocycles. The minimum absolute atomic E-state index is 0.325. The van der Waals surface area contributed by atoms with Crippen LogP contribution in [0.2, 0.25) is 0 Å². The molecular weight excluding hydrogens is 226 g/mol. The van der Waals surface area contributed by atoms with E-state index in [0.717, 1.165) is 23.8 Å². The third-order valence-electron chi connectivity index (χ3n) is 3.60. The summed E-state index contributed by atoms with van der Waals surface area (Å²) in [7, 11) is 0. The van der Waals surface area contributed by atoms with Crippen LogP contribution in [0.4, 0.5) is 0 Å². The van der Waals surface area contributed by atoms with Gasteiger partial charge in [0.2, 0.25) is 11.8 Å². The van der Waals surface area contributed by atoms with E-state index in [4.69, 9.17) is 10.2 Å². The van der Waals surface area contributed by atoms with Gasteiger partial charge in [0.25, 0.3) is 0 Å². The van der Waals surface area contributed by atoms with Crippen molar-refractivity contribution < 1.29 is 4.42 Å². The van der Waals surface area contributed by atoms with Gasteiger partial charge in [-0.1, -0.05) is 36.8 Å². The molecule has 4 heteroatoms. The Hall–Kier alpha value is -1.68. The average Bonchev–Trinajstić information content (AvgIpc) is 2.83. The standard InChI is InChI=1S/C14H17N3O/c15-13(11-7-2-1-3-8-11)14-17-16-12(18-14)9-10-5-4-6-10/h1-3,7-8,10,13H,4-6,9,15H2. The summed E-state index contributed by atoms with van der Waals surface area (Å²) < 4.78 is 5.66. The summed E-state index contributed by atoms with van der Waals surface area (Å²) in [6.07, 6.45) is 4.79. The van der Waals surface area contributed by atoms with E-state index >= 15 is 0 Å². The lowest BCUT2D eigenvalue weighted by molar-refractivity contribution is 0.286. The van der Waals surface area contributed by atoms with Crippen LogP contribution in [0.15, 0.2) is 34.7 Å². The van der Waals surface area contributed by atoms with E-state index in [1.165, 1.54) is 19.3 Å². The van der Waals surface area contributed by atoms with Crippen molar-refractivity contribution >= 4 is 0 Å². The fourth-order valence-corrected chi connectivity index (χ4v) is 2.22. The molecule has 0 bridgehead atoms. The Bertz CT molecular complexity index is 505. The Labute approximate surface area is 106 Å². The van der Waals surface area contributed by atoms with Gasteiger partial charge in [-0.25, -0.2) is 0 Å². The molecule has 0 amide bonds. The van der Waals surface area contributed by atoms with Gasteiger partial charge in [-0.15, -0.1) is 10.2 Å². The highest BCUT2D eigenvalue weighted by Crippen LogP contribution is 2.29. The minimum atomic E-state index is -0.325. The number of nitrogens with two attached hydrogens (primary N) is 1. The molecule has 2 aromatic rings. The number of hydrogen-bond donors (Lipinski definition) is 1. The molecule has 4 nitrogen and oxygen atoms in total.